The summed E-state index contributed by atoms with van der Waals surface area (Å²) in [5.74, 6) is 1.33. The normalized spacial score (nSPS) is 17.8. The van der Waals surface area contributed by atoms with Crippen LogP contribution in [-0.4, -0.2) is 28.8 Å². The van der Waals surface area contributed by atoms with Gasteiger partial charge in [-0.05, 0) is 25.8 Å². The van der Waals surface area contributed by atoms with Gasteiger partial charge in [0.2, 0.25) is 5.95 Å². The summed E-state index contributed by atoms with van der Waals surface area (Å²) in [6.45, 7) is 3.45. The van der Waals surface area contributed by atoms with Gasteiger partial charge in [-0.2, -0.15) is 0 Å². The van der Waals surface area contributed by atoms with Gasteiger partial charge in [0.15, 0.2) is 0 Å². The number of carbonyl (C=O) groups is 1. The fraction of sp³-hybridized carbons (Fsp3) is 0.545. The number of hydrogen-bond acceptors (Lipinski definition) is 4. The number of aromatic nitrogens is 2. The molecular formula is C11H15N3O. The van der Waals surface area contributed by atoms with Crippen LogP contribution in [0.2, 0.25) is 0 Å². The molecule has 1 aliphatic rings. The zero-order valence-corrected chi connectivity index (χ0v) is 8.89. The maximum absolute atomic E-state index is 11.2. The van der Waals surface area contributed by atoms with Crippen molar-refractivity contribution in [2.45, 2.75) is 19.8 Å². The van der Waals surface area contributed by atoms with Gasteiger partial charge < -0.3 is 4.90 Å². The first-order valence-electron chi connectivity index (χ1n) is 5.30. The summed E-state index contributed by atoms with van der Waals surface area (Å²) in [6, 6.07) is 1.81. The van der Waals surface area contributed by atoms with Crippen molar-refractivity contribution in [3.63, 3.8) is 0 Å². The largest absolute Gasteiger partial charge is 0.341 e. The van der Waals surface area contributed by atoms with Crippen molar-refractivity contribution in [1.29, 1.82) is 0 Å². The molecule has 80 valence electrons. The van der Waals surface area contributed by atoms with Gasteiger partial charge in [0.05, 0.1) is 0 Å². The van der Waals surface area contributed by atoms with E-state index in [0.29, 0.717) is 5.78 Å². The third-order valence-electron chi connectivity index (χ3n) is 2.90. The third-order valence-corrected chi connectivity index (χ3v) is 2.90. The van der Waals surface area contributed by atoms with Crippen molar-refractivity contribution in [1.82, 2.24) is 9.97 Å². The maximum atomic E-state index is 11.2. The summed E-state index contributed by atoms with van der Waals surface area (Å²) in [5.41, 5.74) is 0. The molecule has 0 amide bonds. The smallest absolute Gasteiger partial charge is 0.225 e. The molecule has 1 aliphatic heterocycles. The van der Waals surface area contributed by atoms with Crippen LogP contribution in [0.4, 0.5) is 5.95 Å². The van der Waals surface area contributed by atoms with E-state index in [2.05, 4.69) is 14.9 Å². The van der Waals surface area contributed by atoms with Gasteiger partial charge >= 0.3 is 0 Å². The van der Waals surface area contributed by atoms with Gasteiger partial charge in [0.25, 0.3) is 0 Å². The van der Waals surface area contributed by atoms with E-state index in [9.17, 15) is 4.79 Å². The number of carbonyl (C=O) groups excluding carboxylic acids is 1. The Morgan fingerprint density at radius 3 is 2.47 bits per heavy atom. The molecule has 4 heteroatoms. The van der Waals surface area contributed by atoms with E-state index in [4.69, 9.17) is 0 Å². The molecule has 1 saturated heterocycles. The minimum atomic E-state index is 0.241. The van der Waals surface area contributed by atoms with Gasteiger partial charge in [-0.3, -0.25) is 4.79 Å². The molecule has 2 heterocycles. The number of anilines is 1. The minimum Gasteiger partial charge on any atom is -0.341 e. The zero-order chi connectivity index (χ0) is 10.7. The van der Waals surface area contributed by atoms with Crippen molar-refractivity contribution in [2.24, 2.45) is 5.92 Å². The van der Waals surface area contributed by atoms with Crippen LogP contribution in [0.15, 0.2) is 18.5 Å². The number of piperidine rings is 1. The van der Waals surface area contributed by atoms with Gasteiger partial charge in [0, 0.05) is 31.4 Å². The van der Waals surface area contributed by atoms with Crippen LogP contribution in [0.1, 0.15) is 19.8 Å². The van der Waals surface area contributed by atoms with E-state index in [0.717, 1.165) is 31.9 Å². The summed E-state index contributed by atoms with van der Waals surface area (Å²) < 4.78 is 0. The van der Waals surface area contributed by atoms with Crippen molar-refractivity contribution in [3.05, 3.63) is 18.5 Å². The lowest BCUT2D eigenvalue weighted by atomic mass is 9.94. The first-order valence-corrected chi connectivity index (χ1v) is 5.30. The average molecular weight is 205 g/mol. The van der Waals surface area contributed by atoms with Crippen LogP contribution >= 0.6 is 0 Å². The first kappa shape index (κ1) is 10.1. The molecule has 0 aliphatic carbocycles. The van der Waals surface area contributed by atoms with Crippen molar-refractivity contribution in [3.8, 4) is 0 Å². The van der Waals surface area contributed by atoms with Gasteiger partial charge in [-0.15, -0.1) is 0 Å². The Labute approximate surface area is 89.3 Å². The highest BCUT2D eigenvalue weighted by Gasteiger charge is 2.23. The van der Waals surface area contributed by atoms with Crippen LogP contribution in [-0.2, 0) is 4.79 Å². The molecule has 1 fully saturated rings. The Hall–Kier alpha value is -1.45. The standard InChI is InChI=1S/C11H15N3O/c1-9(15)10-3-7-14(8-4-10)11-12-5-2-6-13-11/h2,5-6,10H,3-4,7-8H2,1H3. The highest BCUT2D eigenvalue weighted by molar-refractivity contribution is 5.78. The summed E-state index contributed by atoms with van der Waals surface area (Å²) in [7, 11) is 0. The Kier molecular flexibility index (Phi) is 2.94. The predicted octanol–water partition coefficient (Wildman–Crippen LogP) is 1.28. The molecule has 0 unspecified atom stereocenters. The molecule has 0 atom stereocenters. The number of nitrogens with zero attached hydrogens (tertiary/aromatic N) is 3. The van der Waals surface area contributed by atoms with E-state index >= 15 is 0 Å². The Bertz CT molecular complexity index is 331. The average Bonchev–Trinajstić information content (AvgIpc) is 2.30. The van der Waals surface area contributed by atoms with E-state index in [-0.39, 0.29) is 5.92 Å². The van der Waals surface area contributed by atoms with Crippen molar-refractivity contribution >= 4 is 11.7 Å². The van der Waals surface area contributed by atoms with Crippen molar-refractivity contribution in [2.75, 3.05) is 18.0 Å². The zero-order valence-electron chi connectivity index (χ0n) is 8.89. The molecule has 1 aromatic rings. The molecule has 2 rings (SSSR count). The second kappa shape index (κ2) is 4.38. The lowest BCUT2D eigenvalue weighted by molar-refractivity contribution is -0.121. The van der Waals surface area contributed by atoms with E-state index < -0.39 is 0 Å². The SMILES string of the molecule is CC(=O)C1CCN(c2ncccn2)CC1. The molecule has 1 aromatic heterocycles. The lowest BCUT2D eigenvalue weighted by Crippen LogP contribution is -2.36. The molecule has 0 aromatic carbocycles. The third kappa shape index (κ3) is 2.32. The second-order valence-electron chi connectivity index (χ2n) is 3.92. The number of Topliss-reactive ketones (excluding diaryl/α,β-unsaturated/α-hetero) is 1. The lowest BCUT2D eigenvalue weighted by Gasteiger charge is -2.30. The van der Waals surface area contributed by atoms with Crippen LogP contribution in [0.3, 0.4) is 0 Å². The summed E-state index contributed by atoms with van der Waals surface area (Å²) >= 11 is 0. The molecule has 0 N–H and O–H groups in total. The van der Waals surface area contributed by atoms with Gasteiger partial charge in [0.1, 0.15) is 5.78 Å². The molecule has 15 heavy (non-hydrogen) atoms. The Morgan fingerprint density at radius 1 is 1.33 bits per heavy atom. The number of ketones is 1. The highest BCUT2D eigenvalue weighted by atomic mass is 16.1. The summed E-state index contributed by atoms with van der Waals surface area (Å²) in [4.78, 5) is 21.7. The summed E-state index contributed by atoms with van der Waals surface area (Å²) in [6.07, 6.45) is 5.35. The molecule has 0 spiro atoms. The van der Waals surface area contributed by atoms with E-state index in [1.54, 1.807) is 19.3 Å². The quantitative estimate of drug-likeness (QED) is 0.729. The Balaban J connectivity index is 1.97. The van der Waals surface area contributed by atoms with Gasteiger partial charge in [-0.25, -0.2) is 9.97 Å². The van der Waals surface area contributed by atoms with Crippen LogP contribution in [0.25, 0.3) is 0 Å². The maximum Gasteiger partial charge on any atom is 0.225 e. The second-order valence-corrected chi connectivity index (χ2v) is 3.92. The van der Waals surface area contributed by atoms with E-state index in [1.165, 1.54) is 0 Å². The number of hydrogen-bond donors (Lipinski definition) is 0. The molecule has 0 radical (unpaired) electrons. The number of rotatable bonds is 2. The topological polar surface area (TPSA) is 46.1 Å². The van der Waals surface area contributed by atoms with E-state index in [1.807, 2.05) is 6.07 Å². The summed E-state index contributed by atoms with van der Waals surface area (Å²) in [5, 5.41) is 0. The predicted molar refractivity (Wildman–Crippen MR) is 57.7 cm³/mol. The monoisotopic (exact) mass is 205 g/mol. The molecular weight excluding hydrogens is 190 g/mol. The molecule has 0 saturated carbocycles. The highest BCUT2D eigenvalue weighted by Crippen LogP contribution is 2.20. The Morgan fingerprint density at radius 2 is 1.93 bits per heavy atom. The van der Waals surface area contributed by atoms with Crippen LogP contribution in [0, 0.1) is 5.92 Å². The van der Waals surface area contributed by atoms with Gasteiger partial charge in [-0.1, -0.05) is 0 Å². The van der Waals surface area contributed by atoms with Crippen LogP contribution < -0.4 is 4.90 Å². The molecule has 4 nitrogen and oxygen atoms in total. The van der Waals surface area contributed by atoms with Crippen LogP contribution in [0.5, 0.6) is 0 Å². The fourth-order valence-corrected chi connectivity index (χ4v) is 1.94. The fourth-order valence-electron chi connectivity index (χ4n) is 1.94. The first-order chi connectivity index (χ1) is 7.27. The minimum absolute atomic E-state index is 0.241. The van der Waals surface area contributed by atoms with Crippen molar-refractivity contribution < 1.29 is 4.79 Å². The molecule has 0 bridgehead atoms.